The lowest BCUT2D eigenvalue weighted by Gasteiger charge is -2.35. The largest absolute Gasteiger partial charge is 0.447 e. The minimum absolute atomic E-state index is 0.107. The second kappa shape index (κ2) is 6.68. The van der Waals surface area contributed by atoms with Crippen LogP contribution in [0.4, 0.5) is 4.79 Å². The SMILES string of the molecule is CNC(=O)OCC1CCCCN1C(=O)c1nccc2[nH]ccc12. The summed E-state index contributed by atoms with van der Waals surface area (Å²) in [5.41, 5.74) is 1.33. The number of nitrogens with one attached hydrogen (secondary N) is 2. The van der Waals surface area contributed by atoms with Crippen LogP contribution in [0.1, 0.15) is 29.8 Å². The average Bonchev–Trinajstić information content (AvgIpc) is 3.08. The summed E-state index contributed by atoms with van der Waals surface area (Å²) in [5.74, 6) is -0.111. The highest BCUT2D eigenvalue weighted by Crippen LogP contribution is 2.23. The number of H-pyrrole nitrogens is 1. The molecular formula is C16H20N4O3. The van der Waals surface area contributed by atoms with Gasteiger partial charge in [-0.3, -0.25) is 9.78 Å². The van der Waals surface area contributed by atoms with Gasteiger partial charge in [0.15, 0.2) is 0 Å². The summed E-state index contributed by atoms with van der Waals surface area (Å²) in [7, 11) is 1.52. The van der Waals surface area contributed by atoms with Crippen LogP contribution in [0.15, 0.2) is 24.5 Å². The summed E-state index contributed by atoms with van der Waals surface area (Å²) in [6.07, 6.45) is 5.75. The zero-order valence-corrected chi connectivity index (χ0v) is 13.0. The number of hydrogen-bond acceptors (Lipinski definition) is 4. The molecule has 0 aromatic carbocycles. The molecule has 1 atom stereocenters. The molecule has 2 aromatic rings. The van der Waals surface area contributed by atoms with Crippen LogP contribution in [0, 0.1) is 0 Å². The summed E-state index contributed by atoms with van der Waals surface area (Å²) in [6, 6.07) is 3.59. The zero-order chi connectivity index (χ0) is 16.2. The van der Waals surface area contributed by atoms with Crippen molar-refractivity contribution in [2.45, 2.75) is 25.3 Å². The number of nitrogens with zero attached hydrogens (tertiary/aromatic N) is 2. The summed E-state index contributed by atoms with van der Waals surface area (Å²) in [4.78, 5) is 33.4. The smallest absolute Gasteiger partial charge is 0.406 e. The van der Waals surface area contributed by atoms with Crippen molar-refractivity contribution in [3.05, 3.63) is 30.2 Å². The first kappa shape index (κ1) is 15.3. The van der Waals surface area contributed by atoms with Crippen LogP contribution in [-0.4, -0.2) is 53.1 Å². The van der Waals surface area contributed by atoms with Crippen molar-refractivity contribution < 1.29 is 14.3 Å². The fourth-order valence-corrected chi connectivity index (χ4v) is 2.97. The number of carbonyl (C=O) groups excluding carboxylic acids is 2. The molecule has 2 N–H and O–H groups in total. The highest BCUT2D eigenvalue weighted by atomic mass is 16.5. The maximum absolute atomic E-state index is 12.9. The summed E-state index contributed by atoms with van der Waals surface area (Å²) >= 11 is 0. The molecule has 1 unspecified atom stereocenters. The van der Waals surface area contributed by atoms with E-state index in [0.717, 1.165) is 30.2 Å². The molecule has 1 aliphatic rings. The van der Waals surface area contributed by atoms with Crippen molar-refractivity contribution in [2.75, 3.05) is 20.2 Å². The van der Waals surface area contributed by atoms with Crippen LogP contribution < -0.4 is 5.32 Å². The van der Waals surface area contributed by atoms with Gasteiger partial charge >= 0.3 is 6.09 Å². The molecule has 3 rings (SSSR count). The average molecular weight is 316 g/mol. The van der Waals surface area contributed by atoms with Gasteiger partial charge in [0, 0.05) is 36.9 Å². The Morgan fingerprint density at radius 1 is 1.43 bits per heavy atom. The molecule has 122 valence electrons. The zero-order valence-electron chi connectivity index (χ0n) is 13.0. The highest BCUT2D eigenvalue weighted by Gasteiger charge is 2.30. The van der Waals surface area contributed by atoms with E-state index in [4.69, 9.17) is 4.74 Å². The van der Waals surface area contributed by atoms with Crippen LogP contribution in [0.5, 0.6) is 0 Å². The Hall–Kier alpha value is -2.57. The topological polar surface area (TPSA) is 87.3 Å². The van der Waals surface area contributed by atoms with E-state index in [1.54, 1.807) is 17.3 Å². The molecule has 0 spiro atoms. The van der Waals surface area contributed by atoms with Gasteiger partial charge in [0.1, 0.15) is 12.3 Å². The fourth-order valence-electron chi connectivity index (χ4n) is 2.97. The second-order valence-corrected chi connectivity index (χ2v) is 5.60. The predicted molar refractivity (Wildman–Crippen MR) is 85.2 cm³/mol. The monoisotopic (exact) mass is 316 g/mol. The first-order chi connectivity index (χ1) is 11.2. The Balaban J connectivity index is 1.81. The van der Waals surface area contributed by atoms with E-state index in [1.807, 2.05) is 12.1 Å². The minimum Gasteiger partial charge on any atom is -0.447 e. The van der Waals surface area contributed by atoms with Crippen molar-refractivity contribution in [3.8, 4) is 0 Å². The third-order valence-corrected chi connectivity index (χ3v) is 4.18. The number of carbonyl (C=O) groups is 2. The number of amides is 2. The lowest BCUT2D eigenvalue weighted by molar-refractivity contribution is 0.0448. The van der Waals surface area contributed by atoms with Crippen LogP contribution in [0.3, 0.4) is 0 Å². The number of aromatic amines is 1. The van der Waals surface area contributed by atoms with E-state index < -0.39 is 6.09 Å². The molecule has 7 heteroatoms. The molecule has 2 aromatic heterocycles. The Bertz CT molecular complexity index is 712. The lowest BCUT2D eigenvalue weighted by Crippen LogP contribution is -2.47. The molecule has 0 radical (unpaired) electrons. The van der Waals surface area contributed by atoms with Crippen molar-refractivity contribution in [2.24, 2.45) is 0 Å². The van der Waals surface area contributed by atoms with Gasteiger partial charge in [0.2, 0.25) is 0 Å². The van der Waals surface area contributed by atoms with E-state index in [0.29, 0.717) is 12.2 Å². The Morgan fingerprint density at radius 2 is 2.30 bits per heavy atom. The van der Waals surface area contributed by atoms with E-state index in [-0.39, 0.29) is 18.6 Å². The molecule has 0 bridgehead atoms. The molecule has 1 aliphatic heterocycles. The molecular weight excluding hydrogens is 296 g/mol. The Morgan fingerprint density at radius 3 is 3.13 bits per heavy atom. The Labute approximate surface area is 134 Å². The van der Waals surface area contributed by atoms with Crippen LogP contribution >= 0.6 is 0 Å². The third kappa shape index (κ3) is 3.13. The predicted octanol–water partition coefficient (Wildman–Crippen LogP) is 1.91. The second-order valence-electron chi connectivity index (χ2n) is 5.60. The van der Waals surface area contributed by atoms with Gasteiger partial charge in [-0.2, -0.15) is 0 Å². The molecule has 3 heterocycles. The van der Waals surface area contributed by atoms with Crippen LogP contribution in [0.25, 0.3) is 10.9 Å². The number of piperidine rings is 1. The maximum Gasteiger partial charge on any atom is 0.406 e. The van der Waals surface area contributed by atoms with Gasteiger partial charge in [0.25, 0.3) is 5.91 Å². The lowest BCUT2D eigenvalue weighted by atomic mass is 10.0. The standard InChI is InChI=1S/C16H20N4O3/c1-17-16(22)23-10-11-4-2-3-9-20(11)15(21)14-12-5-7-18-13(12)6-8-19-14/h5-8,11,18H,2-4,9-10H2,1H3,(H,17,22). The van der Waals surface area contributed by atoms with Crippen molar-refractivity contribution in [1.82, 2.24) is 20.2 Å². The number of alkyl carbamates (subject to hydrolysis) is 1. The summed E-state index contributed by atoms with van der Waals surface area (Å²) in [6.45, 7) is 0.859. The number of aromatic nitrogens is 2. The molecule has 1 saturated heterocycles. The number of hydrogen-bond donors (Lipinski definition) is 2. The molecule has 23 heavy (non-hydrogen) atoms. The number of ether oxygens (including phenoxy) is 1. The number of fused-ring (bicyclic) bond motifs is 1. The van der Waals surface area contributed by atoms with Crippen LogP contribution in [-0.2, 0) is 4.74 Å². The van der Waals surface area contributed by atoms with Gasteiger partial charge in [0.05, 0.1) is 6.04 Å². The number of likely N-dealkylation sites (tertiary alicyclic amines) is 1. The van der Waals surface area contributed by atoms with E-state index in [1.165, 1.54) is 7.05 Å². The quantitative estimate of drug-likeness (QED) is 0.905. The van der Waals surface area contributed by atoms with Gasteiger partial charge in [-0.05, 0) is 31.4 Å². The third-order valence-electron chi connectivity index (χ3n) is 4.18. The normalized spacial score (nSPS) is 18.0. The van der Waals surface area contributed by atoms with E-state index >= 15 is 0 Å². The van der Waals surface area contributed by atoms with Gasteiger partial charge in [-0.1, -0.05) is 0 Å². The maximum atomic E-state index is 12.9. The first-order valence-electron chi connectivity index (χ1n) is 7.78. The molecule has 0 aliphatic carbocycles. The summed E-state index contributed by atoms with van der Waals surface area (Å²) < 4.78 is 5.15. The minimum atomic E-state index is -0.478. The summed E-state index contributed by atoms with van der Waals surface area (Å²) in [5, 5.41) is 3.23. The van der Waals surface area contributed by atoms with Crippen molar-refractivity contribution in [3.63, 3.8) is 0 Å². The highest BCUT2D eigenvalue weighted by molar-refractivity contribution is 6.04. The molecule has 2 amide bonds. The number of rotatable bonds is 3. The number of pyridine rings is 1. The van der Waals surface area contributed by atoms with E-state index in [2.05, 4.69) is 15.3 Å². The Kier molecular flexibility index (Phi) is 4.45. The van der Waals surface area contributed by atoms with Gasteiger partial charge in [-0.25, -0.2) is 4.79 Å². The molecule has 0 saturated carbocycles. The van der Waals surface area contributed by atoms with Gasteiger partial charge in [-0.15, -0.1) is 0 Å². The first-order valence-corrected chi connectivity index (χ1v) is 7.78. The fraction of sp³-hybridized carbons (Fsp3) is 0.438. The molecule has 7 nitrogen and oxygen atoms in total. The van der Waals surface area contributed by atoms with Crippen molar-refractivity contribution in [1.29, 1.82) is 0 Å². The van der Waals surface area contributed by atoms with Crippen LogP contribution in [0.2, 0.25) is 0 Å². The molecule has 1 fully saturated rings. The van der Waals surface area contributed by atoms with Gasteiger partial charge < -0.3 is 19.9 Å². The van der Waals surface area contributed by atoms with Crippen molar-refractivity contribution >= 4 is 22.9 Å². The van der Waals surface area contributed by atoms with E-state index in [9.17, 15) is 9.59 Å².